The predicted octanol–water partition coefficient (Wildman–Crippen LogP) is 1.63. The smallest absolute Gasteiger partial charge is 0.320 e. The van der Waals surface area contributed by atoms with Gasteiger partial charge in [-0.3, -0.25) is 4.79 Å². The van der Waals surface area contributed by atoms with Crippen molar-refractivity contribution in [2.45, 2.75) is 17.4 Å². The van der Waals surface area contributed by atoms with E-state index in [0.717, 1.165) is 0 Å². The van der Waals surface area contributed by atoms with Gasteiger partial charge in [-0.05, 0) is 24.1 Å². The molecule has 4 nitrogen and oxygen atoms in total. The van der Waals surface area contributed by atoms with E-state index < -0.39 is 12.0 Å². The molecule has 0 amide bonds. The second-order valence-corrected chi connectivity index (χ2v) is 3.79. The van der Waals surface area contributed by atoms with E-state index in [4.69, 9.17) is 15.6 Å². The number of rotatable bonds is 5. The summed E-state index contributed by atoms with van der Waals surface area (Å²) in [6, 6.07) is 3.74. The first-order valence-electron chi connectivity index (χ1n) is 4.52. The Hall–Kier alpha value is -1.27. The summed E-state index contributed by atoms with van der Waals surface area (Å²) in [6.07, 6.45) is 0.0889. The molecule has 1 aromatic carbocycles. The van der Waals surface area contributed by atoms with Crippen molar-refractivity contribution in [3.8, 4) is 5.75 Å². The van der Waals surface area contributed by atoms with E-state index in [1.54, 1.807) is 12.1 Å². The molecule has 1 rings (SSSR count). The first-order valence-corrected chi connectivity index (χ1v) is 5.24. The van der Waals surface area contributed by atoms with Crippen LogP contribution in [0.3, 0.4) is 0 Å². The van der Waals surface area contributed by atoms with Crippen LogP contribution in [0, 0.1) is 0 Å². The minimum atomic E-state index is -1.11. The van der Waals surface area contributed by atoms with Gasteiger partial charge < -0.3 is 15.6 Å². The monoisotopic (exact) mass is 245 g/mol. The molecule has 1 atom stereocenters. The highest BCUT2D eigenvalue weighted by atomic mass is 32.2. The molecule has 1 aromatic rings. The number of carbonyl (C=O) groups is 1. The standard InChI is InChI=1S/C10H12FNO3S/c1-15-7-3-2-6(9(5-7)16-11)4-8(12)10(13)14/h2-3,5,8H,4,12H2,1H3,(H,13,14). The zero-order chi connectivity index (χ0) is 12.1. The zero-order valence-corrected chi connectivity index (χ0v) is 9.46. The van der Waals surface area contributed by atoms with E-state index in [0.29, 0.717) is 16.2 Å². The molecule has 0 aromatic heterocycles. The van der Waals surface area contributed by atoms with Crippen LogP contribution in [-0.2, 0) is 11.2 Å². The first kappa shape index (κ1) is 12.8. The fraction of sp³-hybridized carbons (Fsp3) is 0.300. The third-order valence-electron chi connectivity index (χ3n) is 2.11. The summed E-state index contributed by atoms with van der Waals surface area (Å²) in [5, 5.41) is 8.66. The van der Waals surface area contributed by atoms with Crippen molar-refractivity contribution in [1.29, 1.82) is 0 Å². The van der Waals surface area contributed by atoms with Gasteiger partial charge in [0.1, 0.15) is 11.8 Å². The van der Waals surface area contributed by atoms with Gasteiger partial charge in [0.15, 0.2) is 0 Å². The fourth-order valence-corrected chi connectivity index (χ4v) is 1.64. The Kier molecular flexibility index (Phi) is 4.57. The SMILES string of the molecule is COc1ccc(CC(N)C(=O)O)c(SF)c1. The zero-order valence-electron chi connectivity index (χ0n) is 8.64. The van der Waals surface area contributed by atoms with Crippen LogP contribution in [0.2, 0.25) is 0 Å². The van der Waals surface area contributed by atoms with Gasteiger partial charge in [0.05, 0.1) is 19.3 Å². The average Bonchev–Trinajstić information content (AvgIpc) is 2.29. The van der Waals surface area contributed by atoms with Crippen LogP contribution in [0.1, 0.15) is 5.56 Å². The van der Waals surface area contributed by atoms with Crippen molar-refractivity contribution < 1.29 is 18.5 Å². The Bertz CT molecular complexity index is 386. The molecule has 0 spiro atoms. The summed E-state index contributed by atoms with van der Waals surface area (Å²) in [5.41, 5.74) is 5.94. The van der Waals surface area contributed by atoms with E-state index in [1.807, 2.05) is 0 Å². The van der Waals surface area contributed by atoms with Gasteiger partial charge in [0.25, 0.3) is 0 Å². The molecule has 88 valence electrons. The minimum absolute atomic E-state index is 0.0502. The molecule has 0 radical (unpaired) electrons. The van der Waals surface area contributed by atoms with E-state index in [9.17, 15) is 8.68 Å². The number of nitrogens with two attached hydrogens (primary N) is 1. The normalized spacial score (nSPS) is 12.2. The summed E-state index contributed by atoms with van der Waals surface area (Å²) in [6.45, 7) is 0. The summed E-state index contributed by atoms with van der Waals surface area (Å²) in [4.78, 5) is 10.9. The van der Waals surface area contributed by atoms with Crippen LogP contribution in [-0.4, -0.2) is 24.2 Å². The quantitative estimate of drug-likeness (QED) is 0.824. The van der Waals surface area contributed by atoms with Crippen molar-refractivity contribution in [2.24, 2.45) is 5.73 Å². The van der Waals surface area contributed by atoms with Gasteiger partial charge in [0.2, 0.25) is 0 Å². The van der Waals surface area contributed by atoms with Crippen LogP contribution >= 0.6 is 12.1 Å². The second-order valence-electron chi connectivity index (χ2n) is 3.20. The summed E-state index contributed by atoms with van der Waals surface area (Å²) in [7, 11) is 1.48. The second kappa shape index (κ2) is 5.72. The lowest BCUT2D eigenvalue weighted by Gasteiger charge is -2.10. The Morgan fingerprint density at radius 2 is 2.38 bits per heavy atom. The van der Waals surface area contributed by atoms with Gasteiger partial charge in [-0.25, -0.2) is 0 Å². The Balaban J connectivity index is 2.91. The van der Waals surface area contributed by atoms with Crippen LogP contribution in [0.15, 0.2) is 23.1 Å². The lowest BCUT2D eigenvalue weighted by molar-refractivity contribution is -0.138. The molecule has 0 bridgehead atoms. The molecule has 0 aliphatic carbocycles. The molecule has 0 fully saturated rings. The predicted molar refractivity (Wildman–Crippen MR) is 59.3 cm³/mol. The average molecular weight is 245 g/mol. The largest absolute Gasteiger partial charge is 0.497 e. The molecule has 1 unspecified atom stereocenters. The van der Waals surface area contributed by atoms with Gasteiger partial charge in [0, 0.05) is 4.90 Å². The van der Waals surface area contributed by atoms with Gasteiger partial charge in [-0.2, -0.15) is 3.89 Å². The Morgan fingerprint density at radius 3 is 2.88 bits per heavy atom. The van der Waals surface area contributed by atoms with Crippen LogP contribution in [0.4, 0.5) is 3.89 Å². The van der Waals surface area contributed by atoms with Crippen molar-refractivity contribution in [3.63, 3.8) is 0 Å². The maximum Gasteiger partial charge on any atom is 0.320 e. The van der Waals surface area contributed by atoms with Crippen LogP contribution < -0.4 is 10.5 Å². The van der Waals surface area contributed by atoms with Crippen LogP contribution in [0.5, 0.6) is 5.75 Å². The van der Waals surface area contributed by atoms with Crippen molar-refractivity contribution >= 4 is 18.1 Å². The van der Waals surface area contributed by atoms with Crippen molar-refractivity contribution in [1.82, 2.24) is 0 Å². The van der Waals surface area contributed by atoms with Crippen molar-refractivity contribution in [2.75, 3.05) is 7.11 Å². The highest BCUT2D eigenvalue weighted by molar-refractivity contribution is 7.94. The third-order valence-corrected chi connectivity index (χ3v) is 2.66. The van der Waals surface area contributed by atoms with E-state index in [-0.39, 0.29) is 18.6 Å². The minimum Gasteiger partial charge on any atom is -0.497 e. The molecule has 6 heteroatoms. The van der Waals surface area contributed by atoms with E-state index in [2.05, 4.69) is 0 Å². The number of halogens is 1. The topological polar surface area (TPSA) is 72.5 Å². The number of methoxy groups -OCH3 is 1. The lowest BCUT2D eigenvalue weighted by Crippen LogP contribution is -2.32. The lowest BCUT2D eigenvalue weighted by atomic mass is 10.1. The number of aliphatic carboxylic acids is 1. The van der Waals surface area contributed by atoms with Gasteiger partial charge >= 0.3 is 5.97 Å². The molecule has 16 heavy (non-hydrogen) atoms. The summed E-state index contributed by atoms with van der Waals surface area (Å²) >= 11 is 0.0502. The van der Waals surface area contributed by atoms with Crippen molar-refractivity contribution in [3.05, 3.63) is 23.8 Å². The van der Waals surface area contributed by atoms with Gasteiger partial charge in [-0.15, -0.1) is 0 Å². The number of hydrogen-bond acceptors (Lipinski definition) is 4. The molecular weight excluding hydrogens is 233 g/mol. The Morgan fingerprint density at radius 1 is 1.69 bits per heavy atom. The number of carboxylic acid groups (broad SMARTS) is 1. The highest BCUT2D eigenvalue weighted by Gasteiger charge is 2.15. The maximum atomic E-state index is 12.6. The fourth-order valence-electron chi connectivity index (χ4n) is 1.23. The number of ether oxygens (including phenoxy) is 1. The van der Waals surface area contributed by atoms with E-state index >= 15 is 0 Å². The molecule has 0 saturated carbocycles. The summed E-state index contributed by atoms with van der Waals surface area (Å²) in [5.74, 6) is -0.585. The highest BCUT2D eigenvalue weighted by Crippen LogP contribution is 2.28. The molecular formula is C10H12FNO3S. The maximum absolute atomic E-state index is 12.6. The van der Waals surface area contributed by atoms with Crippen LogP contribution in [0.25, 0.3) is 0 Å². The van der Waals surface area contributed by atoms with E-state index in [1.165, 1.54) is 13.2 Å². The molecule has 0 aliphatic rings. The summed E-state index contributed by atoms with van der Waals surface area (Å²) < 4.78 is 17.6. The number of carboxylic acids is 1. The number of benzene rings is 1. The first-order chi connectivity index (χ1) is 7.58. The number of hydrogen-bond donors (Lipinski definition) is 2. The molecule has 0 aliphatic heterocycles. The molecule has 0 saturated heterocycles. The third kappa shape index (κ3) is 3.11. The Labute approximate surface area is 96.9 Å². The molecule has 0 heterocycles. The van der Waals surface area contributed by atoms with Gasteiger partial charge in [-0.1, -0.05) is 6.07 Å². The molecule has 3 N–H and O–H groups in total.